The molecule has 1 aliphatic rings. The predicted octanol–water partition coefficient (Wildman–Crippen LogP) is -0.221. The van der Waals surface area contributed by atoms with Crippen LogP contribution >= 0.6 is 0 Å². The van der Waals surface area contributed by atoms with Gasteiger partial charge in [-0.15, -0.1) is 0 Å². The van der Waals surface area contributed by atoms with Crippen LogP contribution in [0.4, 0.5) is 23.1 Å². The van der Waals surface area contributed by atoms with Gasteiger partial charge in [0.25, 0.3) is 0 Å². The summed E-state index contributed by atoms with van der Waals surface area (Å²) in [6, 6.07) is 6.86. The number of imidazole rings is 1. The van der Waals surface area contributed by atoms with Crippen LogP contribution < -0.4 is 31.0 Å². The van der Waals surface area contributed by atoms with Crippen molar-refractivity contribution >= 4 is 56.6 Å². The Morgan fingerprint density at radius 1 is 1.28 bits per heavy atom. The molecule has 12 nitrogen and oxygen atoms in total. The first-order valence-corrected chi connectivity index (χ1v) is 11.5. The number of fused-ring (bicyclic) bond motifs is 2. The Kier molecular flexibility index (Phi) is 4.86. The number of nitrogens with one attached hydrogen (secondary N) is 5. The molecular formula is C19H20N9O3S+. The number of aromatic nitrogens is 5. The third-order valence-electron chi connectivity index (χ3n) is 4.67. The summed E-state index contributed by atoms with van der Waals surface area (Å²) in [5, 5.41) is 11.2. The molecule has 0 bridgehead atoms. The maximum atomic E-state index is 11.5. The highest BCUT2D eigenvalue weighted by Crippen LogP contribution is 2.22. The lowest BCUT2D eigenvalue weighted by atomic mass is 10.3. The van der Waals surface area contributed by atoms with Gasteiger partial charge in [0, 0.05) is 18.4 Å². The molecule has 13 heteroatoms. The molecule has 4 heterocycles. The second kappa shape index (κ2) is 7.85. The first-order chi connectivity index (χ1) is 15.4. The standard InChI is InChI=1S/C19H19N9O3S/c1-32(29,30)27-14-4-2-3-13(7-14)24-19-25-17-16(20-10-21-17)18(26-19)22-11-28-6-5-15-12(9-28)8-23-31-15/h2-5,7-10,27H,6,11H2,1H3,(H3,20,21,22,24,25,26)/p+1. The molecule has 0 aliphatic carbocycles. The minimum atomic E-state index is -3.38. The molecule has 0 fully saturated rings. The van der Waals surface area contributed by atoms with Crippen molar-refractivity contribution in [3.05, 3.63) is 47.4 Å². The first kappa shape index (κ1) is 19.8. The van der Waals surface area contributed by atoms with Gasteiger partial charge in [0.05, 0.1) is 30.0 Å². The fraction of sp³-hybridized carbons (Fsp3) is 0.158. The van der Waals surface area contributed by atoms with Crippen molar-refractivity contribution in [3.63, 3.8) is 0 Å². The molecule has 0 atom stereocenters. The quantitative estimate of drug-likeness (QED) is 0.296. The van der Waals surface area contributed by atoms with Gasteiger partial charge in [0.2, 0.25) is 15.5 Å². The van der Waals surface area contributed by atoms with Crippen LogP contribution in [0.5, 0.6) is 0 Å². The van der Waals surface area contributed by atoms with Crippen molar-refractivity contribution in [1.82, 2.24) is 25.0 Å². The number of sulfonamides is 1. The minimum absolute atomic E-state index is 0.350. The van der Waals surface area contributed by atoms with Gasteiger partial charge in [0.15, 0.2) is 17.6 Å². The lowest BCUT2D eigenvalue weighted by Crippen LogP contribution is -2.35. The Morgan fingerprint density at radius 2 is 2.16 bits per heavy atom. The summed E-state index contributed by atoms with van der Waals surface area (Å²) in [6.45, 7) is 1.17. The molecule has 0 unspecified atom stereocenters. The summed E-state index contributed by atoms with van der Waals surface area (Å²) in [7, 11) is -3.38. The Bertz CT molecular complexity index is 1510. The molecule has 0 saturated carbocycles. The van der Waals surface area contributed by atoms with Gasteiger partial charge in [-0.25, -0.2) is 13.4 Å². The van der Waals surface area contributed by atoms with Crippen LogP contribution in [0, 0.1) is 0 Å². The zero-order valence-electron chi connectivity index (χ0n) is 17.0. The summed E-state index contributed by atoms with van der Waals surface area (Å²) in [5.41, 5.74) is 3.19. The van der Waals surface area contributed by atoms with E-state index in [0.29, 0.717) is 42.0 Å². The van der Waals surface area contributed by atoms with Crippen LogP contribution in [-0.2, 0) is 10.0 Å². The maximum Gasteiger partial charge on any atom is 0.307 e. The zero-order chi connectivity index (χ0) is 22.1. The number of nitrogens with zero attached hydrogens (tertiary/aromatic N) is 4. The summed E-state index contributed by atoms with van der Waals surface area (Å²) in [4.78, 5) is 17.3. The molecule has 3 aromatic heterocycles. The molecule has 32 heavy (non-hydrogen) atoms. The van der Waals surface area contributed by atoms with Crippen molar-refractivity contribution in [2.24, 2.45) is 0 Å². The van der Waals surface area contributed by atoms with E-state index in [-0.39, 0.29) is 0 Å². The molecule has 1 aliphatic heterocycles. The largest absolute Gasteiger partial charge is 0.357 e. The van der Waals surface area contributed by atoms with Crippen LogP contribution in [-0.4, -0.2) is 52.9 Å². The van der Waals surface area contributed by atoms with Crippen LogP contribution in [0.2, 0.25) is 0 Å². The molecule has 0 radical (unpaired) electrons. The zero-order valence-corrected chi connectivity index (χ0v) is 17.8. The molecule has 0 saturated heterocycles. The Hall–Kier alpha value is -4.13. The summed E-state index contributed by atoms with van der Waals surface area (Å²) in [6.07, 6.45) is 8.39. The van der Waals surface area contributed by atoms with Gasteiger partial charge in [-0.05, 0) is 24.3 Å². The van der Waals surface area contributed by atoms with Crippen LogP contribution in [0.3, 0.4) is 0 Å². The average Bonchev–Trinajstić information content (AvgIpc) is 3.40. The number of anilines is 4. The van der Waals surface area contributed by atoms with Crippen molar-refractivity contribution in [2.75, 3.05) is 34.8 Å². The van der Waals surface area contributed by atoms with Gasteiger partial charge in [-0.2, -0.15) is 4.98 Å². The normalized spacial score (nSPS) is 13.2. The number of rotatable bonds is 7. The highest BCUT2D eigenvalue weighted by Gasteiger charge is 2.17. The highest BCUT2D eigenvalue weighted by atomic mass is 32.2. The summed E-state index contributed by atoms with van der Waals surface area (Å²) >= 11 is 0. The van der Waals surface area contributed by atoms with Gasteiger partial charge in [-0.1, -0.05) is 16.2 Å². The van der Waals surface area contributed by atoms with Crippen LogP contribution in [0.1, 0.15) is 0 Å². The van der Waals surface area contributed by atoms with E-state index in [9.17, 15) is 8.42 Å². The Morgan fingerprint density at radius 3 is 3.03 bits per heavy atom. The van der Waals surface area contributed by atoms with Crippen molar-refractivity contribution < 1.29 is 17.9 Å². The van der Waals surface area contributed by atoms with Gasteiger partial charge in [0.1, 0.15) is 0 Å². The Balaban J connectivity index is 1.37. The van der Waals surface area contributed by atoms with E-state index in [4.69, 9.17) is 4.52 Å². The molecule has 0 amide bonds. The molecule has 164 valence electrons. The second-order valence-corrected chi connectivity index (χ2v) is 8.97. The van der Waals surface area contributed by atoms with E-state index in [1.54, 1.807) is 36.8 Å². The molecule has 5 rings (SSSR count). The highest BCUT2D eigenvalue weighted by molar-refractivity contribution is 7.92. The monoisotopic (exact) mass is 454 g/mol. The SMILES string of the molecule is CS(=O)(=O)Nc1cccc(Nc2nc(NCN3C=c4cnoc4=CC3)c3[nH]c[nH+]c3n2)c1. The van der Waals surface area contributed by atoms with E-state index in [0.717, 1.165) is 22.4 Å². The lowest BCUT2D eigenvalue weighted by Gasteiger charge is -2.20. The maximum absolute atomic E-state index is 11.5. The Labute approximate surface area is 182 Å². The molecule has 1 aromatic carbocycles. The van der Waals surface area contributed by atoms with Crippen molar-refractivity contribution in [1.29, 1.82) is 0 Å². The molecule has 4 aromatic rings. The smallest absolute Gasteiger partial charge is 0.307 e. The van der Waals surface area contributed by atoms with E-state index in [1.807, 2.05) is 12.3 Å². The van der Waals surface area contributed by atoms with Gasteiger partial charge in [-0.3, -0.25) is 9.71 Å². The number of hydrogen-bond donors (Lipinski definition) is 4. The second-order valence-electron chi connectivity index (χ2n) is 7.22. The van der Waals surface area contributed by atoms with Crippen LogP contribution in [0.15, 0.2) is 41.3 Å². The fourth-order valence-electron chi connectivity index (χ4n) is 3.31. The van der Waals surface area contributed by atoms with E-state index in [1.165, 1.54) is 0 Å². The number of hydrogen-bond acceptors (Lipinski definition) is 9. The van der Waals surface area contributed by atoms with Gasteiger partial charge < -0.3 is 20.1 Å². The molecular weight excluding hydrogens is 434 g/mol. The van der Waals surface area contributed by atoms with E-state index >= 15 is 0 Å². The summed E-state index contributed by atoms with van der Waals surface area (Å²) < 4.78 is 30.6. The van der Waals surface area contributed by atoms with E-state index < -0.39 is 10.0 Å². The number of benzene rings is 1. The van der Waals surface area contributed by atoms with Crippen molar-refractivity contribution in [2.45, 2.75) is 0 Å². The number of aromatic amines is 2. The molecule has 0 spiro atoms. The topological polar surface area (TPSA) is 155 Å². The molecule has 5 N–H and O–H groups in total. The van der Waals surface area contributed by atoms with E-state index in [2.05, 4.69) is 45.3 Å². The third kappa shape index (κ3) is 4.32. The fourth-order valence-corrected chi connectivity index (χ4v) is 3.87. The third-order valence-corrected chi connectivity index (χ3v) is 5.27. The van der Waals surface area contributed by atoms with Crippen LogP contribution in [0.25, 0.3) is 23.4 Å². The lowest BCUT2D eigenvalue weighted by molar-refractivity contribution is -0.347. The first-order valence-electron chi connectivity index (χ1n) is 9.65. The number of H-pyrrole nitrogens is 2. The minimum Gasteiger partial charge on any atom is -0.357 e. The summed E-state index contributed by atoms with van der Waals surface area (Å²) in [5.74, 6) is 0.955. The average molecular weight is 454 g/mol. The van der Waals surface area contributed by atoms with Crippen molar-refractivity contribution in [3.8, 4) is 0 Å². The predicted molar refractivity (Wildman–Crippen MR) is 119 cm³/mol. The van der Waals surface area contributed by atoms with Gasteiger partial charge >= 0.3 is 11.6 Å².